The molecule has 1 heterocycles. The van der Waals surface area contributed by atoms with E-state index >= 15 is 0 Å². The van der Waals surface area contributed by atoms with Crippen LogP contribution >= 0.6 is 0 Å². The van der Waals surface area contributed by atoms with Crippen molar-refractivity contribution in [3.8, 4) is 0 Å². The van der Waals surface area contributed by atoms with E-state index in [0.717, 1.165) is 31.2 Å². The molecule has 1 atom stereocenters. The van der Waals surface area contributed by atoms with Crippen molar-refractivity contribution in [2.24, 2.45) is 5.92 Å². The van der Waals surface area contributed by atoms with Crippen LogP contribution in [0.2, 0.25) is 0 Å². The summed E-state index contributed by atoms with van der Waals surface area (Å²) < 4.78 is 26.4. The number of nitrogens with zero attached hydrogens (tertiary/aromatic N) is 2. The van der Waals surface area contributed by atoms with Gasteiger partial charge in [-0.25, -0.2) is 8.42 Å². The Kier molecular flexibility index (Phi) is 7.51. The molecular formula is C24H33N3O3S. The number of carbonyl (C=O) groups excluding carboxylic acids is 1. The summed E-state index contributed by atoms with van der Waals surface area (Å²) in [7, 11) is -2.01. The van der Waals surface area contributed by atoms with Gasteiger partial charge in [0, 0.05) is 37.4 Å². The van der Waals surface area contributed by atoms with E-state index in [-0.39, 0.29) is 16.8 Å². The van der Waals surface area contributed by atoms with Crippen molar-refractivity contribution in [2.45, 2.75) is 51.1 Å². The first-order valence-corrected chi connectivity index (χ1v) is 12.3. The molecule has 1 aliphatic rings. The molecule has 1 aliphatic heterocycles. The van der Waals surface area contributed by atoms with Crippen LogP contribution in [0, 0.1) is 5.92 Å². The van der Waals surface area contributed by atoms with Crippen LogP contribution in [0.4, 0.5) is 5.69 Å². The van der Waals surface area contributed by atoms with Crippen molar-refractivity contribution in [1.82, 2.24) is 9.21 Å². The van der Waals surface area contributed by atoms with Crippen LogP contribution in [0.1, 0.15) is 49.5 Å². The van der Waals surface area contributed by atoms with Gasteiger partial charge in [0.05, 0.1) is 4.90 Å². The first kappa shape index (κ1) is 23.4. The molecule has 2 aromatic rings. The zero-order valence-electron chi connectivity index (χ0n) is 18.8. The summed E-state index contributed by atoms with van der Waals surface area (Å²) in [6.07, 6.45) is 2.56. The quantitative estimate of drug-likeness (QED) is 0.696. The zero-order chi connectivity index (χ0) is 22.6. The lowest BCUT2D eigenvalue weighted by Crippen LogP contribution is -2.33. The van der Waals surface area contributed by atoms with E-state index in [1.165, 1.54) is 34.8 Å². The molecule has 1 fully saturated rings. The standard InChI is InChI=1S/C24H33N3O3S/c1-18(2)26(4)31(29,30)23-13-9-21(10-14-23)24(28)25-22-11-7-20(8-12-22)17-27-15-5-6-19(3)16-27/h7-14,18-19H,5-6,15-17H2,1-4H3,(H,25,28). The van der Waals surface area contributed by atoms with E-state index < -0.39 is 10.0 Å². The van der Waals surface area contributed by atoms with E-state index in [0.29, 0.717) is 5.56 Å². The Labute approximate surface area is 186 Å². The van der Waals surface area contributed by atoms with Crippen LogP contribution in [0.3, 0.4) is 0 Å². The van der Waals surface area contributed by atoms with Gasteiger partial charge in [-0.1, -0.05) is 19.1 Å². The topological polar surface area (TPSA) is 69.7 Å². The molecule has 168 valence electrons. The van der Waals surface area contributed by atoms with Crippen molar-refractivity contribution in [1.29, 1.82) is 0 Å². The van der Waals surface area contributed by atoms with Crippen molar-refractivity contribution in [3.05, 3.63) is 59.7 Å². The molecule has 7 heteroatoms. The lowest BCUT2D eigenvalue weighted by atomic mass is 10.00. The van der Waals surface area contributed by atoms with Crippen LogP contribution < -0.4 is 5.32 Å². The fourth-order valence-corrected chi connectivity index (χ4v) is 5.17. The number of sulfonamides is 1. The molecule has 6 nitrogen and oxygen atoms in total. The number of hydrogen-bond donors (Lipinski definition) is 1. The Morgan fingerprint density at radius 2 is 1.77 bits per heavy atom. The zero-order valence-corrected chi connectivity index (χ0v) is 19.7. The number of amides is 1. The molecular weight excluding hydrogens is 410 g/mol. The third-order valence-electron chi connectivity index (χ3n) is 5.88. The average molecular weight is 444 g/mol. The smallest absolute Gasteiger partial charge is 0.255 e. The maximum Gasteiger partial charge on any atom is 0.255 e. The van der Waals surface area contributed by atoms with Crippen molar-refractivity contribution in [3.63, 3.8) is 0 Å². The third-order valence-corrected chi connectivity index (χ3v) is 7.93. The molecule has 31 heavy (non-hydrogen) atoms. The second-order valence-corrected chi connectivity index (χ2v) is 10.8. The fraction of sp³-hybridized carbons (Fsp3) is 0.458. The Hall–Kier alpha value is -2.22. The lowest BCUT2D eigenvalue weighted by Gasteiger charge is -2.30. The van der Waals surface area contributed by atoms with Gasteiger partial charge in [-0.05, 0) is 81.1 Å². The van der Waals surface area contributed by atoms with Crippen LogP contribution in [-0.4, -0.2) is 49.7 Å². The van der Waals surface area contributed by atoms with Gasteiger partial charge in [-0.3, -0.25) is 9.69 Å². The van der Waals surface area contributed by atoms with Gasteiger partial charge in [-0.2, -0.15) is 4.31 Å². The highest BCUT2D eigenvalue weighted by molar-refractivity contribution is 7.89. The minimum atomic E-state index is -3.56. The maximum atomic E-state index is 12.6. The maximum absolute atomic E-state index is 12.6. The number of carbonyl (C=O) groups is 1. The molecule has 0 aromatic heterocycles. The molecule has 0 aliphatic carbocycles. The predicted molar refractivity (Wildman–Crippen MR) is 125 cm³/mol. The summed E-state index contributed by atoms with van der Waals surface area (Å²) in [5, 5.41) is 2.88. The van der Waals surface area contributed by atoms with Gasteiger partial charge in [-0.15, -0.1) is 0 Å². The Morgan fingerprint density at radius 3 is 2.35 bits per heavy atom. The molecule has 1 saturated heterocycles. The number of piperidine rings is 1. The Bertz CT molecular complexity index is 986. The first-order chi connectivity index (χ1) is 14.7. The lowest BCUT2D eigenvalue weighted by molar-refractivity contribution is 0.102. The molecule has 1 amide bonds. The monoisotopic (exact) mass is 443 g/mol. The first-order valence-electron chi connectivity index (χ1n) is 10.9. The van der Waals surface area contributed by atoms with Crippen LogP contribution in [0.25, 0.3) is 0 Å². The number of rotatable bonds is 7. The molecule has 2 aromatic carbocycles. The molecule has 3 rings (SSSR count). The summed E-state index contributed by atoms with van der Waals surface area (Å²) in [6, 6.07) is 13.8. The number of benzene rings is 2. The summed E-state index contributed by atoms with van der Waals surface area (Å²) in [5.41, 5.74) is 2.37. The highest BCUT2D eigenvalue weighted by atomic mass is 32.2. The van der Waals surface area contributed by atoms with Crippen molar-refractivity contribution >= 4 is 21.6 Å². The summed E-state index contributed by atoms with van der Waals surface area (Å²) in [6.45, 7) is 9.14. The summed E-state index contributed by atoms with van der Waals surface area (Å²) in [5.74, 6) is 0.484. The summed E-state index contributed by atoms with van der Waals surface area (Å²) >= 11 is 0. The van der Waals surface area contributed by atoms with Gasteiger partial charge in [0.15, 0.2) is 0 Å². The predicted octanol–water partition coefficient (Wildman–Crippen LogP) is 4.20. The summed E-state index contributed by atoms with van der Waals surface area (Å²) in [4.78, 5) is 15.2. The third kappa shape index (κ3) is 5.93. The molecule has 1 N–H and O–H groups in total. The molecule has 1 unspecified atom stereocenters. The van der Waals surface area contributed by atoms with E-state index in [9.17, 15) is 13.2 Å². The van der Waals surface area contributed by atoms with E-state index in [4.69, 9.17) is 0 Å². The number of anilines is 1. The van der Waals surface area contributed by atoms with Crippen molar-refractivity contribution in [2.75, 3.05) is 25.5 Å². The van der Waals surface area contributed by atoms with E-state index in [2.05, 4.69) is 17.1 Å². The van der Waals surface area contributed by atoms with E-state index in [1.807, 2.05) is 38.1 Å². The molecule has 0 spiro atoms. The van der Waals surface area contributed by atoms with Gasteiger partial charge in [0.25, 0.3) is 5.91 Å². The molecule has 0 radical (unpaired) electrons. The SMILES string of the molecule is CC1CCCN(Cc2ccc(NC(=O)c3ccc(S(=O)(=O)N(C)C(C)C)cc3)cc2)C1. The molecule has 0 saturated carbocycles. The average Bonchev–Trinajstić information content (AvgIpc) is 2.74. The van der Waals surface area contributed by atoms with Gasteiger partial charge >= 0.3 is 0 Å². The normalized spacial score (nSPS) is 17.8. The van der Waals surface area contributed by atoms with Crippen LogP contribution in [0.15, 0.2) is 53.4 Å². The highest BCUT2D eigenvalue weighted by Gasteiger charge is 2.23. The van der Waals surface area contributed by atoms with Gasteiger partial charge < -0.3 is 5.32 Å². The second kappa shape index (κ2) is 9.94. The highest BCUT2D eigenvalue weighted by Crippen LogP contribution is 2.20. The Morgan fingerprint density at radius 1 is 1.13 bits per heavy atom. The fourth-order valence-electron chi connectivity index (χ4n) is 3.81. The van der Waals surface area contributed by atoms with E-state index in [1.54, 1.807) is 19.2 Å². The van der Waals surface area contributed by atoms with Crippen molar-refractivity contribution < 1.29 is 13.2 Å². The number of hydrogen-bond acceptors (Lipinski definition) is 4. The largest absolute Gasteiger partial charge is 0.322 e. The minimum Gasteiger partial charge on any atom is -0.322 e. The minimum absolute atomic E-state index is 0.144. The number of likely N-dealkylation sites (tertiary alicyclic amines) is 1. The van der Waals surface area contributed by atoms with Crippen LogP contribution in [0.5, 0.6) is 0 Å². The van der Waals surface area contributed by atoms with Gasteiger partial charge in [0.2, 0.25) is 10.0 Å². The number of nitrogens with one attached hydrogen (secondary N) is 1. The van der Waals surface area contributed by atoms with Gasteiger partial charge in [0.1, 0.15) is 0 Å². The molecule has 0 bridgehead atoms. The Balaban J connectivity index is 1.61. The van der Waals surface area contributed by atoms with Crippen LogP contribution in [-0.2, 0) is 16.6 Å². The second-order valence-electron chi connectivity index (χ2n) is 8.77.